The maximum absolute atomic E-state index is 12.9. The van der Waals surface area contributed by atoms with Crippen molar-refractivity contribution in [2.45, 2.75) is 31.3 Å². The fourth-order valence-electron chi connectivity index (χ4n) is 2.12. The maximum Gasteiger partial charge on any atom is 0.138 e. The minimum absolute atomic E-state index is 0.107. The van der Waals surface area contributed by atoms with Crippen LogP contribution in [-0.2, 0) is 0 Å². The van der Waals surface area contributed by atoms with Crippen LogP contribution in [0.1, 0.15) is 25.7 Å². The van der Waals surface area contributed by atoms with Crippen LogP contribution in [-0.4, -0.2) is 19.2 Å². The summed E-state index contributed by atoms with van der Waals surface area (Å²) in [4.78, 5) is 0. The molecule has 1 N–H and O–H groups in total. The van der Waals surface area contributed by atoms with Crippen molar-refractivity contribution >= 4 is 11.6 Å². The minimum atomic E-state index is -0.333. The molecule has 0 bridgehead atoms. The van der Waals surface area contributed by atoms with Crippen molar-refractivity contribution in [2.24, 2.45) is 0 Å². The van der Waals surface area contributed by atoms with E-state index in [0.717, 1.165) is 25.8 Å². The third-order valence-corrected chi connectivity index (χ3v) is 3.61. The van der Waals surface area contributed by atoms with Gasteiger partial charge in [-0.2, -0.15) is 0 Å². The number of nitrogens with one attached hydrogen (secondary N) is 1. The van der Waals surface area contributed by atoms with Gasteiger partial charge in [-0.05, 0) is 57.5 Å². The first kappa shape index (κ1) is 12.7. The van der Waals surface area contributed by atoms with Gasteiger partial charge in [0.25, 0.3) is 0 Å². The largest absolute Gasteiger partial charge is 0.486 e. The van der Waals surface area contributed by atoms with Gasteiger partial charge in [0.2, 0.25) is 0 Å². The van der Waals surface area contributed by atoms with E-state index in [2.05, 4.69) is 5.32 Å². The summed E-state index contributed by atoms with van der Waals surface area (Å²) in [6.45, 7) is 0.915. The molecule has 94 valence electrons. The van der Waals surface area contributed by atoms with E-state index in [1.54, 1.807) is 6.07 Å². The van der Waals surface area contributed by atoms with Crippen LogP contribution in [0.25, 0.3) is 0 Å². The third-order valence-electron chi connectivity index (χ3n) is 3.32. The van der Waals surface area contributed by atoms with Gasteiger partial charge in [0.05, 0.1) is 5.02 Å². The van der Waals surface area contributed by atoms with Crippen molar-refractivity contribution in [3.8, 4) is 5.75 Å². The Bertz CT molecular complexity index is 393. The molecule has 0 unspecified atom stereocenters. The Balaban J connectivity index is 2.07. The van der Waals surface area contributed by atoms with Crippen molar-refractivity contribution in [1.29, 1.82) is 0 Å². The van der Waals surface area contributed by atoms with Gasteiger partial charge in [0.1, 0.15) is 17.2 Å². The highest BCUT2D eigenvalue weighted by Gasteiger charge is 2.39. The normalized spacial score (nSPS) is 17.6. The summed E-state index contributed by atoms with van der Waals surface area (Å²) in [5, 5.41) is 3.48. The SMILES string of the molecule is CNCCC1(Oc2ccc(F)cc2Cl)CCC1. The summed E-state index contributed by atoms with van der Waals surface area (Å²) in [7, 11) is 1.93. The van der Waals surface area contributed by atoms with Crippen LogP contribution in [0.2, 0.25) is 5.02 Å². The lowest BCUT2D eigenvalue weighted by molar-refractivity contribution is -0.0138. The molecule has 0 radical (unpaired) electrons. The summed E-state index contributed by atoms with van der Waals surface area (Å²) >= 11 is 5.97. The zero-order valence-electron chi connectivity index (χ0n) is 9.93. The predicted molar refractivity (Wildman–Crippen MR) is 67.2 cm³/mol. The molecular formula is C13H17ClFNO. The van der Waals surface area contributed by atoms with Crippen LogP contribution in [0.5, 0.6) is 5.75 Å². The molecule has 2 nitrogen and oxygen atoms in total. The number of hydrogen-bond donors (Lipinski definition) is 1. The number of ether oxygens (including phenoxy) is 1. The molecule has 0 heterocycles. The second kappa shape index (κ2) is 5.23. The van der Waals surface area contributed by atoms with Crippen molar-refractivity contribution in [3.05, 3.63) is 29.0 Å². The number of hydrogen-bond acceptors (Lipinski definition) is 2. The van der Waals surface area contributed by atoms with Crippen LogP contribution >= 0.6 is 11.6 Å². The summed E-state index contributed by atoms with van der Waals surface area (Å²) in [5.41, 5.74) is -0.107. The van der Waals surface area contributed by atoms with Crippen molar-refractivity contribution in [2.75, 3.05) is 13.6 Å². The fraction of sp³-hybridized carbons (Fsp3) is 0.538. The highest BCUT2D eigenvalue weighted by Crippen LogP contribution is 2.41. The van der Waals surface area contributed by atoms with Gasteiger partial charge < -0.3 is 10.1 Å². The van der Waals surface area contributed by atoms with Gasteiger partial charge in [-0.15, -0.1) is 0 Å². The molecule has 0 spiro atoms. The zero-order chi connectivity index (χ0) is 12.3. The lowest BCUT2D eigenvalue weighted by Gasteiger charge is -2.42. The number of benzene rings is 1. The van der Waals surface area contributed by atoms with Gasteiger partial charge in [-0.1, -0.05) is 11.6 Å². The first-order chi connectivity index (χ1) is 8.15. The molecule has 17 heavy (non-hydrogen) atoms. The second-order valence-electron chi connectivity index (χ2n) is 4.57. The molecule has 1 aliphatic carbocycles. The van der Waals surface area contributed by atoms with E-state index in [4.69, 9.17) is 16.3 Å². The number of halogens is 2. The molecule has 1 saturated carbocycles. The van der Waals surface area contributed by atoms with Gasteiger partial charge in [-0.25, -0.2) is 4.39 Å². The van der Waals surface area contributed by atoms with E-state index in [-0.39, 0.29) is 11.4 Å². The van der Waals surface area contributed by atoms with Crippen LogP contribution < -0.4 is 10.1 Å². The lowest BCUT2D eigenvalue weighted by Crippen LogP contribution is -2.45. The summed E-state index contributed by atoms with van der Waals surface area (Å²) in [6, 6.07) is 4.28. The molecule has 0 amide bonds. The topological polar surface area (TPSA) is 21.3 Å². The van der Waals surface area contributed by atoms with Gasteiger partial charge in [-0.3, -0.25) is 0 Å². The second-order valence-corrected chi connectivity index (χ2v) is 4.97. The molecular weight excluding hydrogens is 241 g/mol. The molecule has 0 aromatic heterocycles. The van der Waals surface area contributed by atoms with Crippen LogP contribution in [0, 0.1) is 5.82 Å². The quantitative estimate of drug-likeness (QED) is 0.873. The predicted octanol–water partition coefficient (Wildman–Crippen LogP) is 3.39. The molecule has 0 saturated heterocycles. The Morgan fingerprint density at radius 1 is 1.47 bits per heavy atom. The van der Waals surface area contributed by atoms with Crippen LogP contribution in [0.15, 0.2) is 18.2 Å². The highest BCUT2D eigenvalue weighted by molar-refractivity contribution is 6.32. The van der Waals surface area contributed by atoms with E-state index < -0.39 is 0 Å². The van der Waals surface area contributed by atoms with Crippen LogP contribution in [0.4, 0.5) is 4.39 Å². The molecule has 1 aliphatic rings. The van der Waals surface area contributed by atoms with Gasteiger partial charge >= 0.3 is 0 Å². The standard InChI is InChI=1S/C13H17ClFNO/c1-16-8-7-13(5-2-6-13)17-12-4-3-10(15)9-11(12)14/h3-4,9,16H,2,5-8H2,1H3. The van der Waals surface area contributed by atoms with E-state index >= 15 is 0 Å². The molecule has 0 aliphatic heterocycles. The fourth-order valence-corrected chi connectivity index (χ4v) is 2.32. The van der Waals surface area contributed by atoms with Crippen molar-refractivity contribution in [1.82, 2.24) is 5.32 Å². The summed E-state index contributed by atoms with van der Waals surface area (Å²) in [5.74, 6) is 0.254. The van der Waals surface area contributed by atoms with Crippen molar-refractivity contribution in [3.63, 3.8) is 0 Å². The molecule has 1 aromatic rings. The molecule has 1 aromatic carbocycles. The molecule has 4 heteroatoms. The van der Waals surface area contributed by atoms with E-state index in [1.165, 1.54) is 18.6 Å². The Labute approximate surface area is 106 Å². The molecule has 0 atom stereocenters. The average molecular weight is 258 g/mol. The lowest BCUT2D eigenvalue weighted by atomic mass is 9.77. The van der Waals surface area contributed by atoms with E-state index in [1.807, 2.05) is 7.05 Å². The zero-order valence-corrected chi connectivity index (χ0v) is 10.7. The van der Waals surface area contributed by atoms with E-state index in [0.29, 0.717) is 10.8 Å². The Morgan fingerprint density at radius 2 is 2.24 bits per heavy atom. The summed E-state index contributed by atoms with van der Waals surface area (Å²) in [6.07, 6.45) is 4.23. The molecule has 2 rings (SSSR count). The monoisotopic (exact) mass is 257 g/mol. The van der Waals surface area contributed by atoms with E-state index in [9.17, 15) is 4.39 Å². The smallest absolute Gasteiger partial charge is 0.138 e. The van der Waals surface area contributed by atoms with Crippen LogP contribution in [0.3, 0.4) is 0 Å². The summed E-state index contributed by atoms with van der Waals surface area (Å²) < 4.78 is 18.9. The number of rotatable bonds is 5. The maximum atomic E-state index is 12.9. The highest BCUT2D eigenvalue weighted by atomic mass is 35.5. The van der Waals surface area contributed by atoms with Gasteiger partial charge in [0.15, 0.2) is 0 Å². The third kappa shape index (κ3) is 2.90. The Hall–Kier alpha value is -0.800. The van der Waals surface area contributed by atoms with Crippen molar-refractivity contribution < 1.29 is 9.13 Å². The Morgan fingerprint density at radius 3 is 2.76 bits per heavy atom. The van der Waals surface area contributed by atoms with Gasteiger partial charge in [0, 0.05) is 0 Å². The average Bonchev–Trinajstić information content (AvgIpc) is 2.25. The molecule has 1 fully saturated rings. The first-order valence-electron chi connectivity index (χ1n) is 5.94. The first-order valence-corrected chi connectivity index (χ1v) is 6.32. The Kier molecular flexibility index (Phi) is 3.89. The minimum Gasteiger partial charge on any atom is -0.486 e.